The molecule has 2 nitrogen and oxygen atoms in total. The molecule has 0 aliphatic carbocycles. The second kappa shape index (κ2) is 4.77. The fourth-order valence-corrected chi connectivity index (χ4v) is 2.16. The lowest BCUT2D eigenvalue weighted by molar-refractivity contribution is 0.987. The van der Waals surface area contributed by atoms with E-state index in [0.717, 1.165) is 22.4 Å². The first kappa shape index (κ1) is 12.6. The predicted octanol–water partition coefficient (Wildman–Crippen LogP) is 4.73. The SMILES string of the molecule is Cc1c(-c2cccc(Cl)c2Cl)n[nH]c(=S)c1C. The summed E-state index contributed by atoms with van der Waals surface area (Å²) in [5.74, 6) is 0. The monoisotopic (exact) mass is 284 g/mol. The lowest BCUT2D eigenvalue weighted by atomic mass is 10.0. The second-order valence-electron chi connectivity index (χ2n) is 3.75. The number of nitrogens with zero attached hydrogens (tertiary/aromatic N) is 1. The molecule has 5 heteroatoms. The molecule has 0 fully saturated rings. The number of rotatable bonds is 1. The van der Waals surface area contributed by atoms with Crippen molar-refractivity contribution in [3.05, 3.63) is 44.0 Å². The van der Waals surface area contributed by atoms with E-state index in [9.17, 15) is 0 Å². The van der Waals surface area contributed by atoms with E-state index in [1.165, 1.54) is 0 Å². The van der Waals surface area contributed by atoms with Gasteiger partial charge in [0.25, 0.3) is 0 Å². The standard InChI is InChI=1S/C12H10Cl2N2S/c1-6-7(2)12(17)16-15-11(6)8-4-3-5-9(13)10(8)14/h3-5H,1-2H3,(H,16,17). The summed E-state index contributed by atoms with van der Waals surface area (Å²) in [5.41, 5.74) is 3.61. The molecule has 0 aliphatic rings. The summed E-state index contributed by atoms with van der Waals surface area (Å²) in [6.07, 6.45) is 0. The van der Waals surface area contributed by atoms with Crippen LogP contribution in [0.2, 0.25) is 10.0 Å². The maximum Gasteiger partial charge on any atom is 0.122 e. The molecule has 0 spiro atoms. The van der Waals surface area contributed by atoms with E-state index in [1.807, 2.05) is 26.0 Å². The Labute approximate surface area is 115 Å². The number of aromatic nitrogens is 2. The Balaban J connectivity index is 2.74. The van der Waals surface area contributed by atoms with E-state index in [4.69, 9.17) is 35.4 Å². The van der Waals surface area contributed by atoms with Crippen molar-refractivity contribution in [3.8, 4) is 11.3 Å². The zero-order valence-electron chi connectivity index (χ0n) is 9.34. The van der Waals surface area contributed by atoms with E-state index in [-0.39, 0.29) is 0 Å². The Morgan fingerprint density at radius 1 is 1.18 bits per heavy atom. The fraction of sp³-hybridized carbons (Fsp3) is 0.167. The zero-order valence-corrected chi connectivity index (χ0v) is 11.7. The van der Waals surface area contributed by atoms with Crippen LogP contribution in [0.3, 0.4) is 0 Å². The minimum atomic E-state index is 0.509. The van der Waals surface area contributed by atoms with E-state index < -0.39 is 0 Å². The topological polar surface area (TPSA) is 28.7 Å². The summed E-state index contributed by atoms with van der Waals surface area (Å²) in [5, 5.41) is 8.08. The molecule has 0 saturated heterocycles. The number of H-pyrrole nitrogens is 1. The molecule has 0 radical (unpaired) electrons. The van der Waals surface area contributed by atoms with Crippen LogP contribution in [0, 0.1) is 18.5 Å². The lowest BCUT2D eigenvalue weighted by Gasteiger charge is -2.09. The van der Waals surface area contributed by atoms with Gasteiger partial charge in [-0.2, -0.15) is 5.10 Å². The Hall–Kier alpha value is -0.900. The summed E-state index contributed by atoms with van der Waals surface area (Å²) in [7, 11) is 0. The molecular weight excluding hydrogens is 275 g/mol. The van der Waals surface area contributed by atoms with E-state index in [1.54, 1.807) is 6.07 Å². The third-order valence-electron chi connectivity index (χ3n) is 2.73. The van der Waals surface area contributed by atoms with Crippen LogP contribution >= 0.6 is 35.4 Å². The van der Waals surface area contributed by atoms with Gasteiger partial charge in [-0.05, 0) is 31.0 Å². The average Bonchev–Trinajstić information content (AvgIpc) is 2.31. The highest BCUT2D eigenvalue weighted by Gasteiger charge is 2.12. The normalized spacial score (nSPS) is 10.6. The number of halogens is 2. The highest BCUT2D eigenvalue weighted by Crippen LogP contribution is 2.34. The smallest absolute Gasteiger partial charge is 0.122 e. The fourth-order valence-electron chi connectivity index (χ4n) is 1.57. The van der Waals surface area contributed by atoms with Gasteiger partial charge in [0.2, 0.25) is 0 Å². The number of hydrogen-bond acceptors (Lipinski definition) is 2. The van der Waals surface area contributed by atoms with E-state index in [2.05, 4.69) is 10.2 Å². The molecule has 0 amide bonds. The van der Waals surface area contributed by atoms with Crippen molar-refractivity contribution in [2.75, 3.05) is 0 Å². The van der Waals surface area contributed by atoms with Crippen LogP contribution in [0.5, 0.6) is 0 Å². The Morgan fingerprint density at radius 2 is 1.88 bits per heavy atom. The second-order valence-corrected chi connectivity index (χ2v) is 4.95. The molecule has 1 aromatic heterocycles. The first-order chi connectivity index (χ1) is 8.02. The largest absolute Gasteiger partial charge is 0.267 e. The first-order valence-corrected chi connectivity index (χ1v) is 6.19. The molecule has 1 aromatic carbocycles. The first-order valence-electron chi connectivity index (χ1n) is 5.02. The molecule has 0 saturated carbocycles. The number of benzene rings is 1. The Morgan fingerprint density at radius 3 is 2.59 bits per heavy atom. The minimum absolute atomic E-state index is 0.509. The molecule has 0 unspecified atom stereocenters. The molecule has 0 aliphatic heterocycles. The van der Waals surface area contributed by atoms with Crippen LogP contribution in [-0.4, -0.2) is 10.2 Å². The summed E-state index contributed by atoms with van der Waals surface area (Å²) in [4.78, 5) is 0. The molecule has 88 valence electrons. The molecule has 0 bridgehead atoms. The van der Waals surface area contributed by atoms with Crippen molar-refractivity contribution in [2.45, 2.75) is 13.8 Å². The maximum atomic E-state index is 6.18. The van der Waals surface area contributed by atoms with Crippen molar-refractivity contribution in [1.29, 1.82) is 0 Å². The highest BCUT2D eigenvalue weighted by molar-refractivity contribution is 7.71. The van der Waals surface area contributed by atoms with Crippen LogP contribution in [0.15, 0.2) is 18.2 Å². The average molecular weight is 285 g/mol. The number of nitrogens with one attached hydrogen (secondary N) is 1. The lowest BCUT2D eigenvalue weighted by Crippen LogP contribution is -1.97. The van der Waals surface area contributed by atoms with Crippen LogP contribution in [0.1, 0.15) is 11.1 Å². The van der Waals surface area contributed by atoms with Crippen LogP contribution in [0.25, 0.3) is 11.3 Å². The van der Waals surface area contributed by atoms with Crippen molar-refractivity contribution in [2.24, 2.45) is 0 Å². The number of aromatic amines is 1. The summed E-state index contributed by atoms with van der Waals surface area (Å²) in [6.45, 7) is 3.93. The molecule has 2 aromatic rings. The van der Waals surface area contributed by atoms with Crippen molar-refractivity contribution >= 4 is 35.4 Å². The minimum Gasteiger partial charge on any atom is -0.267 e. The van der Waals surface area contributed by atoms with Gasteiger partial charge in [-0.15, -0.1) is 0 Å². The van der Waals surface area contributed by atoms with Gasteiger partial charge < -0.3 is 0 Å². The summed E-state index contributed by atoms with van der Waals surface area (Å²) >= 11 is 17.3. The quantitative estimate of drug-likeness (QED) is 0.767. The Kier molecular flexibility index (Phi) is 3.52. The van der Waals surface area contributed by atoms with Gasteiger partial charge in [0.15, 0.2) is 0 Å². The molecule has 0 atom stereocenters. The van der Waals surface area contributed by atoms with Gasteiger partial charge in [0.05, 0.1) is 15.7 Å². The van der Waals surface area contributed by atoms with Gasteiger partial charge in [-0.3, -0.25) is 5.10 Å². The van der Waals surface area contributed by atoms with Crippen molar-refractivity contribution in [3.63, 3.8) is 0 Å². The van der Waals surface area contributed by atoms with Gasteiger partial charge in [0.1, 0.15) is 4.64 Å². The molecule has 17 heavy (non-hydrogen) atoms. The zero-order chi connectivity index (χ0) is 12.6. The van der Waals surface area contributed by atoms with Gasteiger partial charge in [0, 0.05) is 5.56 Å². The van der Waals surface area contributed by atoms with Crippen LogP contribution < -0.4 is 0 Å². The summed E-state index contributed by atoms with van der Waals surface area (Å²) in [6, 6.07) is 5.49. The number of hydrogen-bond donors (Lipinski definition) is 1. The van der Waals surface area contributed by atoms with E-state index in [0.29, 0.717) is 14.7 Å². The van der Waals surface area contributed by atoms with E-state index >= 15 is 0 Å². The molecule has 1 heterocycles. The predicted molar refractivity (Wildman–Crippen MR) is 74.4 cm³/mol. The maximum absolute atomic E-state index is 6.18. The molecule has 1 N–H and O–H groups in total. The van der Waals surface area contributed by atoms with Crippen molar-refractivity contribution in [1.82, 2.24) is 10.2 Å². The van der Waals surface area contributed by atoms with Gasteiger partial charge in [-0.1, -0.05) is 47.6 Å². The van der Waals surface area contributed by atoms with Gasteiger partial charge in [-0.25, -0.2) is 0 Å². The molecule has 2 rings (SSSR count). The van der Waals surface area contributed by atoms with Crippen LogP contribution in [-0.2, 0) is 0 Å². The highest BCUT2D eigenvalue weighted by atomic mass is 35.5. The van der Waals surface area contributed by atoms with Crippen molar-refractivity contribution < 1.29 is 0 Å². The Bertz CT molecular complexity index is 635. The third-order valence-corrected chi connectivity index (χ3v) is 3.95. The molecular formula is C12H10Cl2N2S. The summed E-state index contributed by atoms with van der Waals surface area (Å²) < 4.78 is 0.643. The van der Waals surface area contributed by atoms with Gasteiger partial charge >= 0.3 is 0 Å². The third kappa shape index (κ3) is 2.23. The van der Waals surface area contributed by atoms with Crippen LogP contribution in [0.4, 0.5) is 0 Å².